The van der Waals surface area contributed by atoms with Gasteiger partial charge in [-0.15, -0.1) is 0 Å². The van der Waals surface area contributed by atoms with Gasteiger partial charge in [0.25, 0.3) is 5.91 Å². The first-order valence-electron chi connectivity index (χ1n) is 8.59. The van der Waals surface area contributed by atoms with E-state index in [2.05, 4.69) is 20.6 Å². The van der Waals surface area contributed by atoms with E-state index in [1.54, 1.807) is 49.1 Å². The van der Waals surface area contributed by atoms with Gasteiger partial charge in [0.05, 0.1) is 5.41 Å². The molecule has 2 amide bonds. The summed E-state index contributed by atoms with van der Waals surface area (Å²) in [6.07, 6.45) is 11.1. The summed E-state index contributed by atoms with van der Waals surface area (Å²) in [5.74, 6) is -0.211. The first-order chi connectivity index (χ1) is 12.2. The molecule has 2 heterocycles. The lowest BCUT2D eigenvalue weighted by molar-refractivity contribution is -0.127. The van der Waals surface area contributed by atoms with Crippen LogP contribution in [0.25, 0.3) is 0 Å². The lowest BCUT2D eigenvalue weighted by Crippen LogP contribution is -2.47. The van der Waals surface area contributed by atoms with E-state index in [-0.39, 0.29) is 11.8 Å². The molecule has 0 radical (unpaired) electrons. The Labute approximate surface area is 147 Å². The van der Waals surface area contributed by atoms with Crippen LogP contribution in [0.3, 0.4) is 0 Å². The molecule has 0 unspecified atom stereocenters. The van der Waals surface area contributed by atoms with Gasteiger partial charge in [-0.25, -0.2) is 0 Å². The third-order valence-electron chi connectivity index (χ3n) is 4.76. The number of carbonyl (C=O) groups excluding carboxylic acids is 2. The number of nitrogens with one attached hydrogen (secondary N) is 2. The van der Waals surface area contributed by atoms with E-state index in [1.807, 2.05) is 0 Å². The van der Waals surface area contributed by atoms with Gasteiger partial charge in [-0.1, -0.05) is 19.3 Å². The molecular formula is C19H22N4O2. The van der Waals surface area contributed by atoms with Crippen molar-refractivity contribution in [2.75, 3.05) is 11.9 Å². The summed E-state index contributed by atoms with van der Waals surface area (Å²) >= 11 is 0. The van der Waals surface area contributed by atoms with Gasteiger partial charge in [-0.05, 0) is 37.1 Å². The summed E-state index contributed by atoms with van der Waals surface area (Å²) < 4.78 is 0. The van der Waals surface area contributed by atoms with Crippen LogP contribution in [-0.4, -0.2) is 28.3 Å². The van der Waals surface area contributed by atoms with Gasteiger partial charge >= 0.3 is 0 Å². The molecule has 1 aliphatic carbocycles. The largest absolute Gasteiger partial charge is 0.351 e. The third-order valence-corrected chi connectivity index (χ3v) is 4.76. The standard InChI is InChI=1S/C19H22N4O2/c24-17(15-4-10-20-11-5-15)22-14-19(8-2-1-3-9-19)18(25)23-16-6-12-21-13-7-16/h4-7,10-13H,1-3,8-9,14H2,(H,22,24)(H,21,23,25). The van der Waals surface area contributed by atoms with E-state index >= 15 is 0 Å². The van der Waals surface area contributed by atoms with Crippen molar-refractivity contribution in [1.29, 1.82) is 0 Å². The first-order valence-corrected chi connectivity index (χ1v) is 8.59. The van der Waals surface area contributed by atoms with Crippen molar-refractivity contribution in [1.82, 2.24) is 15.3 Å². The molecule has 1 aliphatic rings. The number of rotatable bonds is 5. The van der Waals surface area contributed by atoms with Crippen molar-refractivity contribution in [3.63, 3.8) is 0 Å². The number of amides is 2. The van der Waals surface area contributed by atoms with E-state index < -0.39 is 5.41 Å². The molecular weight excluding hydrogens is 316 g/mol. The smallest absolute Gasteiger partial charge is 0.251 e. The zero-order valence-corrected chi connectivity index (χ0v) is 14.1. The highest BCUT2D eigenvalue weighted by molar-refractivity contribution is 5.97. The van der Waals surface area contributed by atoms with Crippen LogP contribution in [0, 0.1) is 5.41 Å². The van der Waals surface area contributed by atoms with Gasteiger partial charge in [0.15, 0.2) is 0 Å². The zero-order chi connectivity index (χ0) is 17.5. The van der Waals surface area contributed by atoms with Gasteiger partial charge in [0, 0.05) is 42.6 Å². The molecule has 0 aromatic carbocycles. The Bertz CT molecular complexity index is 713. The van der Waals surface area contributed by atoms with E-state index in [9.17, 15) is 9.59 Å². The molecule has 0 bridgehead atoms. The minimum absolute atomic E-state index is 0.0339. The molecule has 3 rings (SSSR count). The number of nitrogens with zero attached hydrogens (tertiary/aromatic N) is 2. The van der Waals surface area contributed by atoms with Crippen LogP contribution in [0.15, 0.2) is 49.1 Å². The molecule has 0 aliphatic heterocycles. The maximum Gasteiger partial charge on any atom is 0.251 e. The van der Waals surface area contributed by atoms with E-state index in [0.717, 1.165) is 37.8 Å². The number of anilines is 1. The molecule has 0 atom stereocenters. The van der Waals surface area contributed by atoms with Gasteiger partial charge in [-0.2, -0.15) is 0 Å². The molecule has 1 fully saturated rings. The molecule has 1 saturated carbocycles. The average molecular weight is 338 g/mol. The van der Waals surface area contributed by atoms with Crippen LogP contribution in [-0.2, 0) is 4.79 Å². The van der Waals surface area contributed by atoms with E-state index in [4.69, 9.17) is 0 Å². The van der Waals surface area contributed by atoms with Crippen LogP contribution in [0.4, 0.5) is 5.69 Å². The summed E-state index contributed by atoms with van der Waals surface area (Å²) in [4.78, 5) is 33.2. The quantitative estimate of drug-likeness (QED) is 0.878. The summed E-state index contributed by atoms with van der Waals surface area (Å²) in [5, 5.41) is 5.91. The Kier molecular flexibility index (Phi) is 5.38. The van der Waals surface area contributed by atoms with Gasteiger partial charge in [0.1, 0.15) is 0 Å². The van der Waals surface area contributed by atoms with Crippen LogP contribution >= 0.6 is 0 Å². The number of aromatic nitrogens is 2. The van der Waals surface area contributed by atoms with Crippen molar-refractivity contribution in [3.05, 3.63) is 54.6 Å². The third kappa shape index (κ3) is 4.21. The second kappa shape index (κ2) is 7.88. The van der Waals surface area contributed by atoms with Crippen molar-refractivity contribution in [2.45, 2.75) is 32.1 Å². The predicted octanol–water partition coefficient (Wildman–Crippen LogP) is 2.80. The lowest BCUT2D eigenvalue weighted by Gasteiger charge is -2.36. The minimum atomic E-state index is -0.565. The van der Waals surface area contributed by atoms with Crippen LogP contribution in [0.1, 0.15) is 42.5 Å². The van der Waals surface area contributed by atoms with E-state index in [0.29, 0.717) is 12.1 Å². The Morgan fingerprint density at radius 2 is 1.52 bits per heavy atom. The second-order valence-electron chi connectivity index (χ2n) is 6.45. The van der Waals surface area contributed by atoms with Crippen molar-refractivity contribution < 1.29 is 9.59 Å². The lowest BCUT2D eigenvalue weighted by atomic mass is 9.73. The molecule has 2 N–H and O–H groups in total. The fraction of sp³-hybridized carbons (Fsp3) is 0.368. The molecule has 0 saturated heterocycles. The summed E-state index contributed by atoms with van der Waals surface area (Å²) in [6.45, 7) is 0.338. The Balaban J connectivity index is 1.70. The molecule has 0 spiro atoms. The number of hydrogen-bond acceptors (Lipinski definition) is 4. The van der Waals surface area contributed by atoms with Gasteiger partial charge in [0.2, 0.25) is 5.91 Å². The predicted molar refractivity (Wildman–Crippen MR) is 95.0 cm³/mol. The van der Waals surface area contributed by atoms with Gasteiger partial charge < -0.3 is 10.6 Å². The van der Waals surface area contributed by atoms with Crippen LogP contribution in [0.5, 0.6) is 0 Å². The highest BCUT2D eigenvalue weighted by atomic mass is 16.2. The molecule has 2 aromatic rings. The number of pyridine rings is 2. The highest BCUT2D eigenvalue weighted by Crippen LogP contribution is 2.37. The molecule has 25 heavy (non-hydrogen) atoms. The Morgan fingerprint density at radius 3 is 2.16 bits per heavy atom. The molecule has 2 aromatic heterocycles. The fourth-order valence-corrected chi connectivity index (χ4v) is 3.27. The van der Waals surface area contributed by atoms with Crippen LogP contribution < -0.4 is 10.6 Å². The average Bonchev–Trinajstić information content (AvgIpc) is 2.68. The van der Waals surface area contributed by atoms with Crippen molar-refractivity contribution in [2.24, 2.45) is 5.41 Å². The van der Waals surface area contributed by atoms with Crippen LogP contribution in [0.2, 0.25) is 0 Å². The monoisotopic (exact) mass is 338 g/mol. The molecule has 6 heteroatoms. The highest BCUT2D eigenvalue weighted by Gasteiger charge is 2.39. The summed E-state index contributed by atoms with van der Waals surface area (Å²) in [6, 6.07) is 6.87. The summed E-state index contributed by atoms with van der Waals surface area (Å²) in [5.41, 5.74) is 0.713. The van der Waals surface area contributed by atoms with E-state index in [1.165, 1.54) is 0 Å². The molecule has 130 valence electrons. The Morgan fingerprint density at radius 1 is 0.920 bits per heavy atom. The van der Waals surface area contributed by atoms with Gasteiger partial charge in [-0.3, -0.25) is 19.6 Å². The summed E-state index contributed by atoms with van der Waals surface area (Å²) in [7, 11) is 0. The second-order valence-corrected chi connectivity index (χ2v) is 6.45. The normalized spacial score (nSPS) is 16.0. The Hall–Kier alpha value is -2.76. The first kappa shape index (κ1) is 17.1. The minimum Gasteiger partial charge on any atom is -0.351 e. The van der Waals surface area contributed by atoms with Crippen molar-refractivity contribution >= 4 is 17.5 Å². The maximum absolute atomic E-state index is 12.9. The van der Waals surface area contributed by atoms with Crippen molar-refractivity contribution in [3.8, 4) is 0 Å². The fourth-order valence-electron chi connectivity index (χ4n) is 3.27. The SMILES string of the molecule is O=C(NCC1(C(=O)Nc2ccncc2)CCCCC1)c1ccncc1. The maximum atomic E-state index is 12.9. The number of hydrogen-bond donors (Lipinski definition) is 2. The zero-order valence-electron chi connectivity index (χ0n) is 14.1. The number of carbonyl (C=O) groups is 2. The molecule has 6 nitrogen and oxygen atoms in total. The topological polar surface area (TPSA) is 84.0 Å².